The van der Waals surface area contributed by atoms with Crippen molar-refractivity contribution in [1.82, 2.24) is 34.6 Å². The molecule has 0 radical (unpaired) electrons. The van der Waals surface area contributed by atoms with Gasteiger partial charge in [-0.05, 0) is 44.1 Å². The molecule has 0 spiro atoms. The lowest BCUT2D eigenvalue weighted by molar-refractivity contribution is 0.266. The summed E-state index contributed by atoms with van der Waals surface area (Å²) in [5.41, 5.74) is 3.04. The number of nitrogens with zero attached hydrogens (tertiary/aromatic N) is 7. The Labute approximate surface area is 173 Å². The first kappa shape index (κ1) is 17.6. The van der Waals surface area contributed by atoms with Crippen molar-refractivity contribution >= 4 is 5.65 Å². The van der Waals surface area contributed by atoms with Crippen LogP contribution in [0, 0.1) is 5.92 Å². The third-order valence-electron chi connectivity index (χ3n) is 6.69. The molecule has 30 heavy (non-hydrogen) atoms. The van der Waals surface area contributed by atoms with Crippen molar-refractivity contribution in [3.05, 3.63) is 54.1 Å². The molecule has 3 heterocycles. The van der Waals surface area contributed by atoms with Crippen LogP contribution < -0.4 is 4.74 Å². The van der Waals surface area contributed by atoms with Crippen LogP contribution >= 0.6 is 0 Å². The van der Waals surface area contributed by atoms with Gasteiger partial charge in [-0.3, -0.25) is 4.68 Å². The van der Waals surface area contributed by atoms with Gasteiger partial charge in [-0.2, -0.15) is 9.61 Å². The lowest BCUT2D eigenvalue weighted by atomic mass is 9.78. The molecule has 2 fully saturated rings. The fourth-order valence-electron chi connectivity index (χ4n) is 5.22. The van der Waals surface area contributed by atoms with Crippen molar-refractivity contribution in [2.75, 3.05) is 0 Å². The molecule has 0 atom stereocenters. The Morgan fingerprint density at radius 3 is 2.63 bits per heavy atom. The third-order valence-corrected chi connectivity index (χ3v) is 6.69. The Morgan fingerprint density at radius 2 is 1.93 bits per heavy atom. The maximum Gasteiger partial charge on any atom is 0.236 e. The number of aromatic nitrogens is 7. The van der Waals surface area contributed by atoms with Gasteiger partial charge in [0.25, 0.3) is 0 Å². The van der Waals surface area contributed by atoms with E-state index in [0.717, 1.165) is 22.7 Å². The van der Waals surface area contributed by atoms with Gasteiger partial charge in [-0.15, -0.1) is 15.3 Å². The van der Waals surface area contributed by atoms with Gasteiger partial charge >= 0.3 is 0 Å². The van der Waals surface area contributed by atoms with Crippen LogP contribution in [0.3, 0.4) is 0 Å². The average molecular weight is 401 g/mol. The highest BCUT2D eigenvalue weighted by Crippen LogP contribution is 2.57. The second-order valence-corrected chi connectivity index (χ2v) is 8.57. The second kappa shape index (κ2) is 6.62. The SMILES string of the molecule is Cn1cnc(COc2nn3c(-c4ccccc4)nnc3cc2C23CCC(CC2)C3)n1. The minimum Gasteiger partial charge on any atom is -0.468 e. The fourth-order valence-corrected chi connectivity index (χ4v) is 5.22. The highest BCUT2D eigenvalue weighted by Gasteiger charge is 2.48. The van der Waals surface area contributed by atoms with E-state index in [1.54, 1.807) is 15.5 Å². The summed E-state index contributed by atoms with van der Waals surface area (Å²) < 4.78 is 9.71. The largest absolute Gasteiger partial charge is 0.468 e. The molecule has 0 amide bonds. The van der Waals surface area contributed by atoms with E-state index in [-0.39, 0.29) is 12.0 Å². The summed E-state index contributed by atoms with van der Waals surface area (Å²) in [7, 11) is 1.85. The molecule has 2 saturated carbocycles. The van der Waals surface area contributed by atoms with Crippen LogP contribution in [0.5, 0.6) is 5.88 Å². The molecule has 152 valence electrons. The zero-order valence-corrected chi connectivity index (χ0v) is 16.9. The Kier molecular flexibility index (Phi) is 3.87. The van der Waals surface area contributed by atoms with Gasteiger partial charge in [0.15, 0.2) is 23.9 Å². The second-order valence-electron chi connectivity index (χ2n) is 8.57. The van der Waals surface area contributed by atoms with Crippen LogP contribution in [0.2, 0.25) is 0 Å². The van der Waals surface area contributed by atoms with Crippen LogP contribution in [-0.4, -0.2) is 34.6 Å². The fraction of sp³-hybridized carbons (Fsp3) is 0.409. The lowest BCUT2D eigenvalue weighted by Gasteiger charge is -2.28. The third kappa shape index (κ3) is 2.78. The summed E-state index contributed by atoms with van der Waals surface area (Å²) in [5.74, 6) is 2.83. The number of hydrogen-bond acceptors (Lipinski definition) is 6. The first-order valence-corrected chi connectivity index (χ1v) is 10.5. The summed E-state index contributed by atoms with van der Waals surface area (Å²) in [6.45, 7) is 0.286. The maximum absolute atomic E-state index is 6.24. The van der Waals surface area contributed by atoms with E-state index in [9.17, 15) is 0 Å². The minimum absolute atomic E-state index is 0.144. The molecule has 8 heteroatoms. The molecule has 8 nitrogen and oxygen atoms in total. The number of rotatable bonds is 5. The Morgan fingerprint density at radius 1 is 1.10 bits per heavy atom. The van der Waals surface area contributed by atoms with E-state index in [2.05, 4.69) is 26.3 Å². The van der Waals surface area contributed by atoms with Crippen LogP contribution in [0.25, 0.3) is 17.0 Å². The normalized spacial score (nSPS) is 22.8. The van der Waals surface area contributed by atoms with E-state index in [0.29, 0.717) is 17.5 Å². The first-order valence-electron chi connectivity index (χ1n) is 10.5. The number of aryl methyl sites for hydroxylation is 1. The van der Waals surface area contributed by atoms with E-state index < -0.39 is 0 Å². The zero-order chi connectivity index (χ0) is 20.1. The molecule has 0 aliphatic heterocycles. The molecule has 0 N–H and O–H groups in total. The van der Waals surface area contributed by atoms with Crippen LogP contribution in [0.15, 0.2) is 42.7 Å². The highest BCUT2D eigenvalue weighted by molar-refractivity contribution is 5.60. The van der Waals surface area contributed by atoms with Crippen molar-refractivity contribution in [3.8, 4) is 17.3 Å². The topological polar surface area (TPSA) is 83.0 Å². The van der Waals surface area contributed by atoms with Gasteiger partial charge in [0.1, 0.15) is 6.33 Å². The average Bonchev–Trinajstić information content (AvgIpc) is 3.56. The summed E-state index contributed by atoms with van der Waals surface area (Å²) in [4.78, 5) is 4.29. The predicted octanol–water partition coefficient (Wildman–Crippen LogP) is 3.33. The van der Waals surface area contributed by atoms with Gasteiger partial charge in [0, 0.05) is 23.6 Å². The molecule has 6 rings (SSSR count). The number of ether oxygens (including phenoxy) is 1. The number of benzene rings is 1. The summed E-state index contributed by atoms with van der Waals surface area (Å²) in [6.07, 6.45) is 7.84. The van der Waals surface area contributed by atoms with E-state index in [1.807, 2.05) is 37.4 Å². The molecule has 3 aromatic heterocycles. The summed E-state index contributed by atoms with van der Waals surface area (Å²) >= 11 is 0. The Hall–Kier alpha value is -3.29. The number of hydrogen-bond donors (Lipinski definition) is 0. The molecule has 2 aliphatic carbocycles. The lowest BCUT2D eigenvalue weighted by Crippen LogP contribution is -2.22. The van der Waals surface area contributed by atoms with E-state index in [1.165, 1.54) is 32.1 Å². The van der Waals surface area contributed by atoms with Crippen LogP contribution in [-0.2, 0) is 19.1 Å². The first-order chi connectivity index (χ1) is 14.7. The molecule has 0 unspecified atom stereocenters. The maximum atomic E-state index is 6.24. The summed E-state index contributed by atoms with van der Waals surface area (Å²) in [5, 5.41) is 18.1. The highest BCUT2D eigenvalue weighted by atomic mass is 16.5. The van der Waals surface area contributed by atoms with Gasteiger partial charge in [-0.1, -0.05) is 30.3 Å². The van der Waals surface area contributed by atoms with E-state index in [4.69, 9.17) is 9.84 Å². The molecule has 1 aromatic carbocycles. The molecule has 0 saturated heterocycles. The zero-order valence-electron chi connectivity index (χ0n) is 16.9. The smallest absolute Gasteiger partial charge is 0.236 e. The van der Waals surface area contributed by atoms with Crippen molar-refractivity contribution in [2.24, 2.45) is 13.0 Å². The molecule has 4 aromatic rings. The van der Waals surface area contributed by atoms with Gasteiger partial charge in [0.05, 0.1) is 0 Å². The Balaban J connectivity index is 1.46. The van der Waals surface area contributed by atoms with Gasteiger partial charge in [0.2, 0.25) is 5.88 Å². The van der Waals surface area contributed by atoms with Crippen molar-refractivity contribution < 1.29 is 4.74 Å². The van der Waals surface area contributed by atoms with Crippen molar-refractivity contribution in [1.29, 1.82) is 0 Å². The molecule has 2 bridgehead atoms. The standard InChI is InChI=1S/C22H23N7O/c1-28-14-23-18(26-28)13-30-21-17(22-9-7-15(12-22)8-10-22)11-19-24-25-20(29(19)27-21)16-5-3-2-4-6-16/h2-6,11,14-15H,7-10,12-13H2,1H3. The van der Waals surface area contributed by atoms with Gasteiger partial charge < -0.3 is 4.74 Å². The van der Waals surface area contributed by atoms with Crippen molar-refractivity contribution in [3.63, 3.8) is 0 Å². The molecular weight excluding hydrogens is 378 g/mol. The molecule has 2 aliphatic rings. The quantitative estimate of drug-likeness (QED) is 0.510. The predicted molar refractivity (Wildman–Crippen MR) is 110 cm³/mol. The molecular formula is C22H23N7O. The van der Waals surface area contributed by atoms with Crippen LogP contribution in [0.4, 0.5) is 0 Å². The van der Waals surface area contributed by atoms with Crippen LogP contribution in [0.1, 0.15) is 43.5 Å². The van der Waals surface area contributed by atoms with Gasteiger partial charge in [-0.25, -0.2) is 4.98 Å². The van der Waals surface area contributed by atoms with Crippen molar-refractivity contribution in [2.45, 2.75) is 44.1 Å². The Bertz CT molecular complexity index is 1200. The number of fused-ring (bicyclic) bond motifs is 3. The van der Waals surface area contributed by atoms with E-state index >= 15 is 0 Å². The summed E-state index contributed by atoms with van der Waals surface area (Å²) in [6, 6.07) is 12.1. The monoisotopic (exact) mass is 401 g/mol. The minimum atomic E-state index is 0.144.